The molecule has 1 aromatic heterocycles. The SMILES string of the molecule is CCCCN(CC(=O)N(CCc1c[nH]c2ccccc12)Cc1ccc(OC)cc1)C(=O)Nc1ccc(CC)cc1. The summed E-state index contributed by atoms with van der Waals surface area (Å²) in [6.07, 6.45) is 5.42. The lowest BCUT2D eigenvalue weighted by molar-refractivity contribution is -0.132. The van der Waals surface area contributed by atoms with Crippen LogP contribution in [0.4, 0.5) is 10.5 Å². The van der Waals surface area contributed by atoms with E-state index in [0.29, 0.717) is 26.1 Å². The number of rotatable bonds is 13. The molecule has 4 rings (SSSR count). The Labute approximate surface area is 237 Å². The molecule has 0 bridgehead atoms. The zero-order valence-corrected chi connectivity index (χ0v) is 23.8. The van der Waals surface area contributed by atoms with Crippen LogP contribution < -0.4 is 10.1 Å². The Balaban J connectivity index is 1.50. The first-order chi connectivity index (χ1) is 19.5. The highest BCUT2D eigenvalue weighted by Gasteiger charge is 2.22. The number of carbonyl (C=O) groups excluding carboxylic acids is 2. The van der Waals surface area contributed by atoms with Gasteiger partial charge < -0.3 is 24.8 Å². The van der Waals surface area contributed by atoms with Gasteiger partial charge in [-0.25, -0.2) is 4.79 Å². The van der Waals surface area contributed by atoms with Crippen molar-refractivity contribution in [1.82, 2.24) is 14.8 Å². The van der Waals surface area contributed by atoms with Crippen molar-refractivity contribution in [1.29, 1.82) is 0 Å². The summed E-state index contributed by atoms with van der Waals surface area (Å²) in [6, 6.07) is 23.5. The summed E-state index contributed by atoms with van der Waals surface area (Å²) in [5.41, 5.74) is 5.19. The number of ether oxygens (including phenoxy) is 1. The number of hydrogen-bond donors (Lipinski definition) is 2. The Hall–Kier alpha value is -4.26. The third-order valence-corrected chi connectivity index (χ3v) is 7.22. The van der Waals surface area contributed by atoms with E-state index in [2.05, 4.69) is 36.3 Å². The second kappa shape index (κ2) is 14.2. The highest BCUT2D eigenvalue weighted by atomic mass is 16.5. The molecule has 7 heteroatoms. The van der Waals surface area contributed by atoms with E-state index in [4.69, 9.17) is 4.74 Å². The van der Waals surface area contributed by atoms with Gasteiger partial charge in [0.25, 0.3) is 0 Å². The summed E-state index contributed by atoms with van der Waals surface area (Å²) in [6.45, 7) is 5.70. The van der Waals surface area contributed by atoms with Crippen molar-refractivity contribution in [3.05, 3.63) is 95.7 Å². The molecular weight excluding hydrogens is 500 g/mol. The monoisotopic (exact) mass is 540 g/mol. The van der Waals surface area contributed by atoms with E-state index in [-0.39, 0.29) is 18.5 Å². The third kappa shape index (κ3) is 7.65. The fourth-order valence-electron chi connectivity index (χ4n) is 4.73. The number of fused-ring (bicyclic) bond motifs is 1. The highest BCUT2D eigenvalue weighted by Crippen LogP contribution is 2.20. The van der Waals surface area contributed by atoms with E-state index in [1.54, 1.807) is 12.0 Å². The van der Waals surface area contributed by atoms with Crippen molar-refractivity contribution in [2.24, 2.45) is 0 Å². The molecule has 0 radical (unpaired) electrons. The summed E-state index contributed by atoms with van der Waals surface area (Å²) in [5.74, 6) is 0.693. The Morgan fingerprint density at radius 1 is 0.875 bits per heavy atom. The lowest BCUT2D eigenvalue weighted by atomic mass is 10.1. The fourth-order valence-corrected chi connectivity index (χ4v) is 4.73. The number of H-pyrrole nitrogens is 1. The molecule has 2 N–H and O–H groups in total. The largest absolute Gasteiger partial charge is 0.497 e. The Kier molecular flexibility index (Phi) is 10.2. The van der Waals surface area contributed by atoms with Crippen molar-refractivity contribution in [3.63, 3.8) is 0 Å². The third-order valence-electron chi connectivity index (χ3n) is 7.22. The fraction of sp³-hybridized carbons (Fsp3) is 0.333. The molecule has 0 unspecified atom stereocenters. The smallest absolute Gasteiger partial charge is 0.322 e. The van der Waals surface area contributed by atoms with Gasteiger partial charge in [0.2, 0.25) is 5.91 Å². The number of methoxy groups -OCH3 is 1. The van der Waals surface area contributed by atoms with Crippen molar-refractivity contribution < 1.29 is 14.3 Å². The molecular formula is C33H40N4O3. The molecule has 0 atom stereocenters. The van der Waals surface area contributed by atoms with E-state index < -0.39 is 0 Å². The summed E-state index contributed by atoms with van der Waals surface area (Å²) in [4.78, 5) is 33.9. The van der Waals surface area contributed by atoms with Crippen LogP contribution in [0.3, 0.4) is 0 Å². The number of amides is 3. The minimum Gasteiger partial charge on any atom is -0.497 e. The number of unbranched alkanes of at least 4 members (excludes halogenated alkanes) is 1. The summed E-state index contributed by atoms with van der Waals surface area (Å²) in [5, 5.41) is 4.15. The van der Waals surface area contributed by atoms with Gasteiger partial charge in [-0.05, 0) is 66.3 Å². The van der Waals surface area contributed by atoms with Gasteiger partial charge in [0, 0.05) is 42.4 Å². The Morgan fingerprint density at radius 2 is 1.60 bits per heavy atom. The molecule has 1 heterocycles. The Morgan fingerprint density at radius 3 is 2.30 bits per heavy atom. The van der Waals surface area contributed by atoms with Crippen LogP contribution in [0.5, 0.6) is 5.75 Å². The molecule has 3 amide bonds. The predicted molar refractivity (Wildman–Crippen MR) is 162 cm³/mol. The summed E-state index contributed by atoms with van der Waals surface area (Å²) < 4.78 is 5.30. The van der Waals surface area contributed by atoms with E-state index in [0.717, 1.165) is 47.2 Å². The average molecular weight is 541 g/mol. The van der Waals surface area contributed by atoms with E-state index >= 15 is 0 Å². The molecule has 7 nitrogen and oxygen atoms in total. The Bertz CT molecular complexity index is 1380. The number of aromatic amines is 1. The number of nitrogens with zero attached hydrogens (tertiary/aromatic N) is 2. The topological polar surface area (TPSA) is 77.7 Å². The van der Waals surface area contributed by atoms with Crippen molar-refractivity contribution in [2.75, 3.05) is 32.1 Å². The number of carbonyl (C=O) groups is 2. The molecule has 0 spiro atoms. The number of anilines is 1. The van der Waals surface area contributed by atoms with Crippen LogP contribution in [-0.4, -0.2) is 53.5 Å². The minimum absolute atomic E-state index is 0.0168. The zero-order valence-electron chi connectivity index (χ0n) is 23.8. The van der Waals surface area contributed by atoms with Crippen molar-refractivity contribution in [3.8, 4) is 5.75 Å². The molecule has 0 aliphatic heterocycles. The number of nitrogens with one attached hydrogen (secondary N) is 2. The maximum Gasteiger partial charge on any atom is 0.322 e. The molecule has 0 saturated carbocycles. The average Bonchev–Trinajstić information content (AvgIpc) is 3.41. The molecule has 4 aromatic rings. The molecule has 210 valence electrons. The van der Waals surface area contributed by atoms with E-state index in [1.807, 2.05) is 71.8 Å². The number of aryl methyl sites for hydroxylation is 1. The molecule has 0 fully saturated rings. The van der Waals surface area contributed by atoms with Crippen LogP contribution in [0.15, 0.2) is 79.0 Å². The molecule has 3 aromatic carbocycles. The van der Waals surface area contributed by atoms with Crippen molar-refractivity contribution >= 4 is 28.5 Å². The van der Waals surface area contributed by atoms with Crippen LogP contribution in [0, 0.1) is 0 Å². The zero-order chi connectivity index (χ0) is 28.3. The second-order valence-electron chi connectivity index (χ2n) is 10.0. The van der Waals surface area contributed by atoms with E-state index in [9.17, 15) is 9.59 Å². The minimum atomic E-state index is -0.257. The van der Waals surface area contributed by atoms with E-state index in [1.165, 1.54) is 11.1 Å². The lowest BCUT2D eigenvalue weighted by Crippen LogP contribution is -2.45. The van der Waals surface area contributed by atoms with Gasteiger partial charge in [-0.2, -0.15) is 0 Å². The van der Waals surface area contributed by atoms with Crippen LogP contribution in [-0.2, 0) is 24.2 Å². The summed E-state index contributed by atoms with van der Waals surface area (Å²) in [7, 11) is 1.64. The first kappa shape index (κ1) is 28.7. The number of aromatic nitrogens is 1. The highest BCUT2D eigenvalue weighted by molar-refractivity contribution is 5.92. The molecule has 0 aliphatic carbocycles. The number of urea groups is 1. The van der Waals surface area contributed by atoms with Crippen LogP contribution in [0.1, 0.15) is 43.4 Å². The lowest BCUT2D eigenvalue weighted by Gasteiger charge is -2.28. The maximum absolute atomic E-state index is 13.8. The number of para-hydroxylation sites is 1. The quantitative estimate of drug-likeness (QED) is 0.199. The van der Waals surface area contributed by atoms with Crippen LogP contribution in [0.2, 0.25) is 0 Å². The van der Waals surface area contributed by atoms with Crippen LogP contribution in [0.25, 0.3) is 10.9 Å². The van der Waals surface area contributed by atoms with Gasteiger partial charge in [-0.3, -0.25) is 4.79 Å². The second-order valence-corrected chi connectivity index (χ2v) is 10.0. The van der Waals surface area contributed by atoms with Crippen molar-refractivity contribution in [2.45, 2.75) is 46.1 Å². The molecule has 0 aliphatic rings. The van der Waals surface area contributed by atoms with Crippen LogP contribution >= 0.6 is 0 Å². The first-order valence-corrected chi connectivity index (χ1v) is 14.1. The number of benzene rings is 3. The summed E-state index contributed by atoms with van der Waals surface area (Å²) >= 11 is 0. The van der Waals surface area contributed by atoms with Gasteiger partial charge >= 0.3 is 6.03 Å². The first-order valence-electron chi connectivity index (χ1n) is 14.1. The van der Waals surface area contributed by atoms with Gasteiger partial charge in [0.05, 0.1) is 7.11 Å². The number of hydrogen-bond acceptors (Lipinski definition) is 3. The maximum atomic E-state index is 13.8. The standard InChI is InChI=1S/C33H40N4O3/c1-4-6-20-37(33(39)35-28-15-11-25(5-2)12-16-28)24-32(38)36(23-26-13-17-29(40-3)18-14-26)21-19-27-22-34-31-10-8-7-9-30(27)31/h7-18,22,34H,4-6,19-21,23-24H2,1-3H3,(H,35,39). The van der Waals surface area contributed by atoms with Gasteiger partial charge in [-0.1, -0.05) is 62.7 Å². The predicted octanol–water partition coefficient (Wildman–Crippen LogP) is 6.64. The van der Waals surface area contributed by atoms with Gasteiger partial charge in [-0.15, -0.1) is 0 Å². The van der Waals surface area contributed by atoms with Gasteiger partial charge in [0.15, 0.2) is 0 Å². The normalized spacial score (nSPS) is 10.9. The molecule has 0 saturated heterocycles. The van der Waals surface area contributed by atoms with Gasteiger partial charge in [0.1, 0.15) is 12.3 Å². The molecule has 40 heavy (non-hydrogen) atoms.